The molecule has 1 aliphatic heterocycles. The molecule has 0 aromatic heterocycles. The maximum Gasteiger partial charge on any atom is 0.325 e. The summed E-state index contributed by atoms with van der Waals surface area (Å²) in [6, 6.07) is 1.56. The van der Waals surface area contributed by atoms with E-state index in [9.17, 15) is 19.6 Å². The van der Waals surface area contributed by atoms with Crippen LogP contribution in [0, 0.1) is 23.2 Å². The number of amides is 4. The topological polar surface area (TPSA) is 102 Å². The van der Waals surface area contributed by atoms with Crippen LogP contribution in [0.1, 0.15) is 53.4 Å². The summed E-state index contributed by atoms with van der Waals surface area (Å²) >= 11 is 0. The molecular formula is C17H26N4O3. The van der Waals surface area contributed by atoms with Crippen LogP contribution in [-0.4, -0.2) is 40.4 Å². The average Bonchev–Trinajstić information content (AvgIpc) is 2.74. The number of imide groups is 1. The normalized spacial score (nSPS) is 29.3. The highest BCUT2D eigenvalue weighted by molar-refractivity contribution is 6.09. The molecule has 4 amide bonds. The van der Waals surface area contributed by atoms with E-state index in [1.54, 1.807) is 6.92 Å². The molecule has 1 spiro atoms. The standard InChI is InChI=1S/C17H26N4O3/c1-11(2)16(4,10-18)19-13(22)9-21-14(23)17(20-15(21)24)7-5-12(3)6-8-17/h11-12H,5-9H2,1-4H3,(H,19,22)(H,20,24). The molecule has 2 N–H and O–H groups in total. The van der Waals surface area contributed by atoms with Crippen LogP contribution in [0.5, 0.6) is 0 Å². The van der Waals surface area contributed by atoms with Crippen LogP contribution in [0.2, 0.25) is 0 Å². The summed E-state index contributed by atoms with van der Waals surface area (Å²) in [7, 11) is 0. The zero-order valence-corrected chi connectivity index (χ0v) is 14.8. The Morgan fingerprint density at radius 1 is 1.46 bits per heavy atom. The fraction of sp³-hybridized carbons (Fsp3) is 0.765. The van der Waals surface area contributed by atoms with Gasteiger partial charge < -0.3 is 10.6 Å². The quantitative estimate of drug-likeness (QED) is 0.761. The van der Waals surface area contributed by atoms with Crippen molar-refractivity contribution in [2.24, 2.45) is 11.8 Å². The van der Waals surface area contributed by atoms with Crippen LogP contribution in [-0.2, 0) is 9.59 Å². The van der Waals surface area contributed by atoms with Crippen LogP contribution in [0.15, 0.2) is 0 Å². The lowest BCUT2D eigenvalue weighted by atomic mass is 9.77. The molecule has 24 heavy (non-hydrogen) atoms. The fourth-order valence-corrected chi connectivity index (χ4v) is 3.19. The van der Waals surface area contributed by atoms with Gasteiger partial charge in [0.05, 0.1) is 6.07 Å². The van der Waals surface area contributed by atoms with E-state index in [2.05, 4.69) is 23.6 Å². The first-order chi connectivity index (χ1) is 11.1. The van der Waals surface area contributed by atoms with Crippen molar-refractivity contribution in [1.29, 1.82) is 5.26 Å². The molecule has 0 bridgehead atoms. The molecule has 0 radical (unpaired) electrons. The van der Waals surface area contributed by atoms with E-state index in [0.717, 1.165) is 17.7 Å². The Bertz CT molecular complexity index is 587. The molecule has 0 aromatic carbocycles. The first-order valence-electron chi connectivity index (χ1n) is 8.50. The molecule has 1 heterocycles. The fourth-order valence-electron chi connectivity index (χ4n) is 3.19. The third-order valence-corrected chi connectivity index (χ3v) is 5.46. The lowest BCUT2D eigenvalue weighted by Gasteiger charge is -2.33. The van der Waals surface area contributed by atoms with Gasteiger partial charge in [0.15, 0.2) is 0 Å². The molecule has 2 rings (SSSR count). The van der Waals surface area contributed by atoms with Gasteiger partial charge in [0.1, 0.15) is 17.6 Å². The van der Waals surface area contributed by atoms with Crippen molar-refractivity contribution in [1.82, 2.24) is 15.5 Å². The Morgan fingerprint density at radius 3 is 2.54 bits per heavy atom. The van der Waals surface area contributed by atoms with Gasteiger partial charge in [-0.05, 0) is 44.4 Å². The molecule has 7 nitrogen and oxygen atoms in total. The molecule has 132 valence electrons. The number of nitriles is 1. The van der Waals surface area contributed by atoms with Crippen molar-refractivity contribution >= 4 is 17.8 Å². The number of hydrogen-bond acceptors (Lipinski definition) is 4. The second kappa shape index (κ2) is 6.42. The Hall–Kier alpha value is -2.10. The predicted octanol–water partition coefficient (Wildman–Crippen LogP) is 1.54. The average molecular weight is 334 g/mol. The largest absolute Gasteiger partial charge is 0.336 e. The Kier molecular flexibility index (Phi) is 4.88. The summed E-state index contributed by atoms with van der Waals surface area (Å²) in [4.78, 5) is 38.1. The second-order valence-corrected chi connectivity index (χ2v) is 7.60. The minimum Gasteiger partial charge on any atom is -0.336 e. The van der Waals surface area contributed by atoms with Gasteiger partial charge in [-0.25, -0.2) is 4.79 Å². The smallest absolute Gasteiger partial charge is 0.325 e. The molecule has 2 aliphatic rings. The Balaban J connectivity index is 2.05. The van der Waals surface area contributed by atoms with E-state index in [4.69, 9.17) is 0 Å². The number of nitrogens with zero attached hydrogens (tertiary/aromatic N) is 2. The molecule has 0 aromatic rings. The van der Waals surface area contributed by atoms with Crippen molar-refractivity contribution in [3.8, 4) is 6.07 Å². The molecular weight excluding hydrogens is 308 g/mol. The van der Waals surface area contributed by atoms with Crippen LogP contribution in [0.25, 0.3) is 0 Å². The van der Waals surface area contributed by atoms with E-state index in [0.29, 0.717) is 18.8 Å². The summed E-state index contributed by atoms with van der Waals surface area (Å²) in [5.41, 5.74) is -1.88. The van der Waals surface area contributed by atoms with E-state index < -0.39 is 23.0 Å². The van der Waals surface area contributed by atoms with Crippen LogP contribution >= 0.6 is 0 Å². The summed E-state index contributed by atoms with van der Waals surface area (Å²) in [6.45, 7) is 7.07. The lowest BCUT2D eigenvalue weighted by Crippen LogP contribution is -2.53. The number of carbonyl (C=O) groups excluding carboxylic acids is 3. The van der Waals surface area contributed by atoms with Gasteiger partial charge in [0.25, 0.3) is 5.91 Å². The first kappa shape index (κ1) is 18.2. The minimum absolute atomic E-state index is 0.0965. The zero-order chi connectivity index (χ0) is 18.1. The summed E-state index contributed by atoms with van der Waals surface area (Å²) in [6.07, 6.45) is 2.98. The first-order valence-corrected chi connectivity index (χ1v) is 8.50. The maximum absolute atomic E-state index is 12.7. The Labute approximate surface area is 142 Å². The highest BCUT2D eigenvalue weighted by atomic mass is 16.2. The van der Waals surface area contributed by atoms with E-state index in [1.165, 1.54) is 0 Å². The van der Waals surface area contributed by atoms with Gasteiger partial charge in [-0.2, -0.15) is 5.26 Å². The zero-order valence-electron chi connectivity index (χ0n) is 14.8. The van der Waals surface area contributed by atoms with Crippen LogP contribution in [0.3, 0.4) is 0 Å². The van der Waals surface area contributed by atoms with Crippen molar-refractivity contribution < 1.29 is 14.4 Å². The maximum atomic E-state index is 12.7. The lowest BCUT2D eigenvalue weighted by molar-refractivity contribution is -0.136. The molecule has 2 fully saturated rings. The molecule has 1 unspecified atom stereocenters. The van der Waals surface area contributed by atoms with Crippen molar-refractivity contribution in [2.75, 3.05) is 6.54 Å². The SMILES string of the molecule is CC1CCC2(CC1)NC(=O)N(CC(=O)NC(C)(C#N)C(C)C)C2=O. The van der Waals surface area contributed by atoms with Gasteiger partial charge in [0, 0.05) is 0 Å². The molecule has 1 aliphatic carbocycles. The number of urea groups is 1. The van der Waals surface area contributed by atoms with Crippen molar-refractivity contribution in [2.45, 2.75) is 64.5 Å². The van der Waals surface area contributed by atoms with Crippen molar-refractivity contribution in [3.63, 3.8) is 0 Å². The van der Waals surface area contributed by atoms with Gasteiger partial charge in [-0.1, -0.05) is 20.8 Å². The number of hydrogen-bond donors (Lipinski definition) is 2. The number of rotatable bonds is 4. The van der Waals surface area contributed by atoms with E-state index in [1.807, 2.05) is 13.8 Å². The van der Waals surface area contributed by atoms with Gasteiger partial charge >= 0.3 is 6.03 Å². The van der Waals surface area contributed by atoms with E-state index >= 15 is 0 Å². The number of nitrogens with one attached hydrogen (secondary N) is 2. The summed E-state index contributed by atoms with van der Waals surface area (Å²) in [5.74, 6) is -0.379. The predicted molar refractivity (Wildman–Crippen MR) is 87.6 cm³/mol. The molecule has 7 heteroatoms. The minimum atomic E-state index is -1.03. The van der Waals surface area contributed by atoms with Crippen LogP contribution in [0.4, 0.5) is 4.79 Å². The molecule has 1 atom stereocenters. The highest BCUT2D eigenvalue weighted by Gasteiger charge is 2.52. The van der Waals surface area contributed by atoms with E-state index in [-0.39, 0.29) is 18.4 Å². The second-order valence-electron chi connectivity index (χ2n) is 7.60. The highest BCUT2D eigenvalue weighted by Crippen LogP contribution is 2.36. The summed E-state index contributed by atoms with van der Waals surface area (Å²) < 4.78 is 0. The third kappa shape index (κ3) is 3.23. The van der Waals surface area contributed by atoms with Crippen molar-refractivity contribution in [3.05, 3.63) is 0 Å². The Morgan fingerprint density at radius 2 is 2.04 bits per heavy atom. The number of carbonyl (C=O) groups is 3. The summed E-state index contributed by atoms with van der Waals surface area (Å²) in [5, 5.41) is 14.7. The van der Waals surface area contributed by atoms with Gasteiger partial charge in [-0.3, -0.25) is 14.5 Å². The molecule has 1 saturated heterocycles. The molecule has 1 saturated carbocycles. The van der Waals surface area contributed by atoms with Gasteiger partial charge in [-0.15, -0.1) is 0 Å². The van der Waals surface area contributed by atoms with Crippen LogP contribution < -0.4 is 10.6 Å². The monoisotopic (exact) mass is 334 g/mol. The third-order valence-electron chi connectivity index (χ3n) is 5.46. The van der Waals surface area contributed by atoms with Gasteiger partial charge in [0.2, 0.25) is 5.91 Å².